The molecule has 0 aliphatic heterocycles. The minimum Gasteiger partial charge on any atom is -0.508 e. The third kappa shape index (κ3) is 5.30. The normalized spacial score (nSPS) is 12.4. The molecule has 0 spiro atoms. The zero-order valence-electron chi connectivity index (χ0n) is 19.9. The molecule has 0 unspecified atom stereocenters. The lowest BCUT2D eigenvalue weighted by atomic mass is 9.98. The Morgan fingerprint density at radius 1 is 0.939 bits per heavy atom. The predicted molar refractivity (Wildman–Crippen MR) is 134 cm³/mol. The Bertz CT molecular complexity index is 1330. The van der Waals surface area contributed by atoms with Crippen LogP contribution < -0.4 is 5.43 Å². The van der Waals surface area contributed by atoms with E-state index in [0.29, 0.717) is 23.5 Å². The maximum Gasteiger partial charge on any atom is 0.204 e. The molecule has 5 nitrogen and oxygen atoms in total. The molecule has 0 saturated heterocycles. The standard InChI is InChI=1S/C28H32O5/c1-16(2)7-6-8-18(5)10-12-19-21(29)13-14-23-25(19)28(32)26-24(33-23)15-22(30)20(27(26)31)11-9-17(3)4/h6-7,9-10,13-16,29-31H,8,11-12H2,1-5H3. The quantitative estimate of drug-likeness (QED) is 0.278. The Kier molecular flexibility index (Phi) is 7.32. The molecule has 0 aliphatic rings. The number of aromatic hydroxyl groups is 3. The lowest BCUT2D eigenvalue weighted by molar-refractivity contribution is 0.443. The first-order valence-corrected chi connectivity index (χ1v) is 11.2. The van der Waals surface area contributed by atoms with Gasteiger partial charge < -0.3 is 19.7 Å². The Labute approximate surface area is 194 Å². The van der Waals surface area contributed by atoms with E-state index in [9.17, 15) is 20.1 Å². The second-order valence-corrected chi connectivity index (χ2v) is 9.08. The summed E-state index contributed by atoms with van der Waals surface area (Å²) in [5.41, 5.74) is 2.83. The number of phenols is 3. The summed E-state index contributed by atoms with van der Waals surface area (Å²) < 4.78 is 5.88. The zero-order valence-corrected chi connectivity index (χ0v) is 19.9. The molecule has 2 aromatic carbocycles. The van der Waals surface area contributed by atoms with Crippen LogP contribution in [0.5, 0.6) is 17.2 Å². The van der Waals surface area contributed by atoms with Gasteiger partial charge in [-0.1, -0.05) is 49.3 Å². The molecule has 0 radical (unpaired) electrons. The fourth-order valence-corrected chi connectivity index (χ4v) is 3.76. The van der Waals surface area contributed by atoms with E-state index in [-0.39, 0.29) is 45.6 Å². The van der Waals surface area contributed by atoms with Gasteiger partial charge in [0.15, 0.2) is 0 Å². The van der Waals surface area contributed by atoms with Crippen LogP contribution in [0, 0.1) is 5.92 Å². The molecule has 0 saturated carbocycles. The van der Waals surface area contributed by atoms with Crippen molar-refractivity contribution in [2.75, 3.05) is 0 Å². The average Bonchev–Trinajstić information content (AvgIpc) is 2.72. The number of phenolic OH excluding ortho intramolecular Hbond substituents is 3. The van der Waals surface area contributed by atoms with Crippen molar-refractivity contribution in [1.29, 1.82) is 0 Å². The summed E-state index contributed by atoms with van der Waals surface area (Å²) in [5.74, 6) is 0.0514. The Morgan fingerprint density at radius 3 is 2.30 bits per heavy atom. The predicted octanol–water partition coefficient (Wildman–Crippen LogP) is 6.66. The third-order valence-electron chi connectivity index (χ3n) is 5.60. The molecule has 3 aromatic rings. The number of rotatable bonds is 7. The van der Waals surface area contributed by atoms with E-state index in [2.05, 4.69) is 26.0 Å². The van der Waals surface area contributed by atoms with Gasteiger partial charge in [-0.3, -0.25) is 4.79 Å². The topological polar surface area (TPSA) is 90.9 Å². The first-order chi connectivity index (χ1) is 15.6. The van der Waals surface area contributed by atoms with Gasteiger partial charge in [0.1, 0.15) is 33.8 Å². The Morgan fingerprint density at radius 2 is 1.64 bits per heavy atom. The maximum atomic E-state index is 13.5. The summed E-state index contributed by atoms with van der Waals surface area (Å²) in [7, 11) is 0. The first-order valence-electron chi connectivity index (χ1n) is 11.2. The van der Waals surface area contributed by atoms with Crippen LogP contribution in [0.15, 0.2) is 62.9 Å². The van der Waals surface area contributed by atoms with E-state index in [4.69, 9.17) is 4.42 Å². The van der Waals surface area contributed by atoms with Gasteiger partial charge in [0.2, 0.25) is 5.43 Å². The lowest BCUT2D eigenvalue weighted by Gasteiger charge is -2.12. The molecule has 0 atom stereocenters. The molecule has 0 fully saturated rings. The summed E-state index contributed by atoms with van der Waals surface area (Å²) in [6.07, 6.45) is 9.52. The molecule has 3 rings (SSSR count). The second kappa shape index (κ2) is 9.99. The van der Waals surface area contributed by atoms with E-state index >= 15 is 0 Å². The van der Waals surface area contributed by atoms with Crippen LogP contribution in [0.3, 0.4) is 0 Å². The fraction of sp³-hybridized carbons (Fsp3) is 0.321. The van der Waals surface area contributed by atoms with Crippen molar-refractivity contribution in [2.45, 2.75) is 53.9 Å². The van der Waals surface area contributed by atoms with Crippen molar-refractivity contribution < 1.29 is 19.7 Å². The van der Waals surface area contributed by atoms with Crippen molar-refractivity contribution in [2.24, 2.45) is 5.92 Å². The van der Waals surface area contributed by atoms with Gasteiger partial charge in [0, 0.05) is 17.2 Å². The second-order valence-electron chi connectivity index (χ2n) is 9.08. The highest BCUT2D eigenvalue weighted by Crippen LogP contribution is 2.37. The average molecular weight is 449 g/mol. The molecule has 33 heavy (non-hydrogen) atoms. The van der Waals surface area contributed by atoms with Crippen molar-refractivity contribution in [1.82, 2.24) is 0 Å². The fourth-order valence-electron chi connectivity index (χ4n) is 3.76. The van der Waals surface area contributed by atoms with Gasteiger partial charge in [-0.05, 0) is 58.1 Å². The van der Waals surface area contributed by atoms with Crippen LogP contribution in [0.1, 0.15) is 52.2 Å². The summed E-state index contributed by atoms with van der Waals surface area (Å²) in [6, 6.07) is 4.39. The van der Waals surface area contributed by atoms with Gasteiger partial charge in [0.05, 0.1) is 5.39 Å². The van der Waals surface area contributed by atoms with Crippen LogP contribution in [-0.2, 0) is 12.8 Å². The van der Waals surface area contributed by atoms with Crippen molar-refractivity contribution in [3.05, 3.63) is 75.0 Å². The molecule has 0 bridgehead atoms. The summed E-state index contributed by atoms with van der Waals surface area (Å²) in [5, 5.41) is 32.1. The molecule has 3 N–H and O–H groups in total. The molecule has 5 heteroatoms. The summed E-state index contributed by atoms with van der Waals surface area (Å²) in [6.45, 7) is 10.1. The van der Waals surface area contributed by atoms with Gasteiger partial charge >= 0.3 is 0 Å². The summed E-state index contributed by atoms with van der Waals surface area (Å²) >= 11 is 0. The van der Waals surface area contributed by atoms with Gasteiger partial charge in [0.25, 0.3) is 0 Å². The van der Waals surface area contributed by atoms with E-state index < -0.39 is 5.43 Å². The highest BCUT2D eigenvalue weighted by molar-refractivity contribution is 5.97. The monoisotopic (exact) mass is 448 g/mol. The number of fused-ring (bicyclic) bond motifs is 2. The summed E-state index contributed by atoms with van der Waals surface area (Å²) in [4.78, 5) is 13.5. The van der Waals surface area contributed by atoms with E-state index in [1.165, 1.54) is 18.2 Å². The molecule has 0 amide bonds. The van der Waals surface area contributed by atoms with Crippen molar-refractivity contribution >= 4 is 21.9 Å². The van der Waals surface area contributed by atoms with Gasteiger partial charge in [-0.15, -0.1) is 0 Å². The molecule has 1 heterocycles. The molecular weight excluding hydrogens is 416 g/mol. The van der Waals surface area contributed by atoms with Gasteiger partial charge in [-0.25, -0.2) is 0 Å². The maximum absolute atomic E-state index is 13.5. The third-order valence-corrected chi connectivity index (χ3v) is 5.60. The van der Waals surface area contributed by atoms with Crippen LogP contribution in [0.4, 0.5) is 0 Å². The number of benzene rings is 2. The van der Waals surface area contributed by atoms with E-state index in [1.807, 2.05) is 32.9 Å². The number of hydrogen-bond donors (Lipinski definition) is 3. The smallest absolute Gasteiger partial charge is 0.204 e. The van der Waals surface area contributed by atoms with E-state index in [0.717, 1.165) is 17.6 Å². The molecular formula is C28H32O5. The van der Waals surface area contributed by atoms with Crippen molar-refractivity contribution in [3.8, 4) is 17.2 Å². The number of allylic oxidation sites excluding steroid dienone is 6. The Hall–Kier alpha value is -3.47. The largest absolute Gasteiger partial charge is 0.508 e. The van der Waals surface area contributed by atoms with Gasteiger partial charge in [-0.2, -0.15) is 0 Å². The minimum absolute atomic E-state index is 0.000967. The number of hydrogen-bond acceptors (Lipinski definition) is 5. The van der Waals surface area contributed by atoms with Crippen LogP contribution in [-0.4, -0.2) is 15.3 Å². The van der Waals surface area contributed by atoms with E-state index in [1.54, 1.807) is 0 Å². The first kappa shape index (κ1) is 24.2. The minimum atomic E-state index is -0.432. The van der Waals surface area contributed by atoms with Crippen LogP contribution >= 0.6 is 0 Å². The van der Waals surface area contributed by atoms with Crippen LogP contribution in [0.25, 0.3) is 21.9 Å². The highest BCUT2D eigenvalue weighted by atomic mass is 16.3. The Balaban J connectivity index is 2.17. The molecule has 0 aliphatic carbocycles. The van der Waals surface area contributed by atoms with Crippen LogP contribution in [0.2, 0.25) is 0 Å². The highest BCUT2D eigenvalue weighted by Gasteiger charge is 2.20. The zero-order chi connectivity index (χ0) is 24.3. The molecule has 174 valence electrons. The van der Waals surface area contributed by atoms with Crippen molar-refractivity contribution in [3.63, 3.8) is 0 Å². The lowest BCUT2D eigenvalue weighted by Crippen LogP contribution is -2.07. The SMILES string of the molecule is CC(C)=CCc1c(O)cc2oc3ccc(O)c(CC=C(C)CC=CC(C)C)c3c(=O)c2c1O. The molecule has 1 aromatic heterocycles.